The number of amides is 1. The summed E-state index contributed by atoms with van der Waals surface area (Å²) in [6.45, 7) is 2.06. The van der Waals surface area contributed by atoms with E-state index in [0.717, 1.165) is 6.07 Å². The van der Waals surface area contributed by atoms with Crippen LogP contribution in [0.5, 0.6) is 0 Å². The molecule has 0 fully saturated rings. The lowest BCUT2D eigenvalue weighted by Crippen LogP contribution is -2.39. The van der Waals surface area contributed by atoms with Gasteiger partial charge in [-0.2, -0.15) is 13.2 Å². The molecular weight excluding hydrogens is 263 g/mol. The highest BCUT2D eigenvalue weighted by molar-refractivity contribution is 5.93. The van der Waals surface area contributed by atoms with Gasteiger partial charge in [-0.25, -0.2) is 0 Å². The van der Waals surface area contributed by atoms with Gasteiger partial charge in [0.25, 0.3) is 11.5 Å². The SMILES string of the molecule is CNC(C)CNC(=O)c1ccc(C(F)(F)F)[nH]c1=O. The third-order valence-corrected chi connectivity index (χ3v) is 2.52. The number of carbonyl (C=O) groups excluding carboxylic acids is 1. The third-order valence-electron chi connectivity index (χ3n) is 2.52. The predicted molar refractivity (Wildman–Crippen MR) is 62.9 cm³/mol. The van der Waals surface area contributed by atoms with Crippen LogP contribution in [0, 0.1) is 0 Å². The Balaban J connectivity index is 2.86. The summed E-state index contributed by atoms with van der Waals surface area (Å²) in [4.78, 5) is 24.7. The van der Waals surface area contributed by atoms with Crippen LogP contribution in [0.4, 0.5) is 13.2 Å². The van der Waals surface area contributed by atoms with Crippen molar-refractivity contribution in [3.63, 3.8) is 0 Å². The number of likely N-dealkylation sites (N-methyl/N-ethyl adjacent to an activating group) is 1. The smallest absolute Gasteiger partial charge is 0.350 e. The van der Waals surface area contributed by atoms with Gasteiger partial charge >= 0.3 is 6.18 Å². The van der Waals surface area contributed by atoms with E-state index in [9.17, 15) is 22.8 Å². The molecular formula is C11H14F3N3O2. The lowest BCUT2D eigenvalue weighted by molar-refractivity contribution is -0.141. The first-order valence-electron chi connectivity index (χ1n) is 5.51. The molecule has 1 aromatic heterocycles. The van der Waals surface area contributed by atoms with E-state index in [2.05, 4.69) is 10.6 Å². The first-order valence-corrected chi connectivity index (χ1v) is 5.51. The summed E-state index contributed by atoms with van der Waals surface area (Å²) in [7, 11) is 1.70. The molecule has 3 N–H and O–H groups in total. The fourth-order valence-corrected chi connectivity index (χ4v) is 1.26. The molecule has 1 rings (SSSR count). The van der Waals surface area contributed by atoms with Gasteiger partial charge in [-0.1, -0.05) is 0 Å². The Morgan fingerprint density at radius 1 is 1.42 bits per heavy atom. The molecule has 0 bridgehead atoms. The molecule has 0 aromatic carbocycles. The normalized spacial score (nSPS) is 13.1. The summed E-state index contributed by atoms with van der Waals surface area (Å²) in [6, 6.07) is 1.51. The number of rotatable bonds is 4. The van der Waals surface area contributed by atoms with Crippen molar-refractivity contribution < 1.29 is 18.0 Å². The maximum atomic E-state index is 12.3. The summed E-state index contributed by atoms with van der Waals surface area (Å²) >= 11 is 0. The van der Waals surface area contributed by atoms with Crippen LogP contribution < -0.4 is 16.2 Å². The quantitative estimate of drug-likeness (QED) is 0.759. The zero-order valence-electron chi connectivity index (χ0n) is 10.4. The summed E-state index contributed by atoms with van der Waals surface area (Å²) in [6.07, 6.45) is -4.64. The Labute approximate surface area is 107 Å². The first-order chi connectivity index (χ1) is 8.75. The average Bonchev–Trinajstić information content (AvgIpc) is 2.34. The van der Waals surface area contributed by atoms with E-state index in [4.69, 9.17) is 0 Å². The van der Waals surface area contributed by atoms with Crippen LogP contribution >= 0.6 is 0 Å². The van der Waals surface area contributed by atoms with Crippen LogP contribution in [0.3, 0.4) is 0 Å². The summed E-state index contributed by atoms with van der Waals surface area (Å²) in [5, 5.41) is 5.31. The van der Waals surface area contributed by atoms with E-state index in [1.165, 1.54) is 0 Å². The van der Waals surface area contributed by atoms with Crippen LogP contribution in [0.1, 0.15) is 23.0 Å². The predicted octanol–water partition coefficient (Wildman–Crippen LogP) is 0.731. The molecule has 0 aliphatic heterocycles. The van der Waals surface area contributed by atoms with Crippen molar-refractivity contribution in [2.24, 2.45) is 0 Å². The second-order valence-electron chi connectivity index (χ2n) is 4.01. The van der Waals surface area contributed by atoms with E-state index < -0.39 is 23.3 Å². The average molecular weight is 277 g/mol. The molecule has 0 aliphatic rings. The van der Waals surface area contributed by atoms with E-state index >= 15 is 0 Å². The molecule has 0 saturated heterocycles. The van der Waals surface area contributed by atoms with Gasteiger partial charge < -0.3 is 15.6 Å². The molecule has 0 aliphatic carbocycles. The number of hydrogen-bond donors (Lipinski definition) is 3. The van der Waals surface area contributed by atoms with Crippen LogP contribution in [0.2, 0.25) is 0 Å². The van der Waals surface area contributed by atoms with Crippen LogP contribution in [-0.4, -0.2) is 30.5 Å². The van der Waals surface area contributed by atoms with E-state index in [-0.39, 0.29) is 18.2 Å². The minimum Gasteiger partial charge on any atom is -0.350 e. The molecule has 0 radical (unpaired) electrons. The number of nitrogens with one attached hydrogen (secondary N) is 3. The summed E-state index contributed by atoms with van der Waals surface area (Å²) in [5.41, 5.74) is -2.60. The third kappa shape index (κ3) is 4.09. The number of halogens is 3. The van der Waals surface area contributed by atoms with Crippen LogP contribution in [-0.2, 0) is 6.18 Å². The van der Waals surface area contributed by atoms with Crippen LogP contribution in [0.15, 0.2) is 16.9 Å². The second-order valence-corrected chi connectivity index (χ2v) is 4.01. The van der Waals surface area contributed by atoms with Crippen molar-refractivity contribution >= 4 is 5.91 Å². The lowest BCUT2D eigenvalue weighted by atomic mass is 10.2. The van der Waals surface area contributed by atoms with E-state index in [1.54, 1.807) is 19.0 Å². The van der Waals surface area contributed by atoms with Crippen molar-refractivity contribution in [2.45, 2.75) is 19.1 Å². The minimum atomic E-state index is -4.64. The molecule has 106 valence electrons. The van der Waals surface area contributed by atoms with Crippen molar-refractivity contribution in [3.8, 4) is 0 Å². The fraction of sp³-hybridized carbons (Fsp3) is 0.455. The highest BCUT2D eigenvalue weighted by Crippen LogP contribution is 2.26. The summed E-state index contributed by atoms with van der Waals surface area (Å²) in [5.74, 6) is -0.711. The van der Waals surface area contributed by atoms with Gasteiger partial charge in [0.1, 0.15) is 11.3 Å². The van der Waals surface area contributed by atoms with Gasteiger partial charge in [0, 0.05) is 12.6 Å². The maximum absolute atomic E-state index is 12.3. The van der Waals surface area contributed by atoms with Gasteiger partial charge in [-0.3, -0.25) is 9.59 Å². The molecule has 8 heteroatoms. The zero-order chi connectivity index (χ0) is 14.6. The Morgan fingerprint density at radius 2 is 2.05 bits per heavy atom. The lowest BCUT2D eigenvalue weighted by Gasteiger charge is -2.11. The molecule has 0 spiro atoms. The number of hydrogen-bond acceptors (Lipinski definition) is 3. The van der Waals surface area contributed by atoms with Crippen molar-refractivity contribution in [1.29, 1.82) is 0 Å². The number of pyridine rings is 1. The van der Waals surface area contributed by atoms with Crippen LogP contribution in [0.25, 0.3) is 0 Å². The summed E-state index contributed by atoms with van der Waals surface area (Å²) < 4.78 is 37.0. The van der Waals surface area contributed by atoms with Crippen molar-refractivity contribution in [2.75, 3.05) is 13.6 Å². The van der Waals surface area contributed by atoms with Gasteiger partial charge in [-0.05, 0) is 26.1 Å². The topological polar surface area (TPSA) is 74.0 Å². The molecule has 0 saturated carbocycles. The first kappa shape index (κ1) is 15.2. The number of H-pyrrole nitrogens is 1. The molecule has 1 aromatic rings. The van der Waals surface area contributed by atoms with E-state index in [1.807, 2.05) is 0 Å². The minimum absolute atomic E-state index is 0.0162. The monoisotopic (exact) mass is 277 g/mol. The van der Waals surface area contributed by atoms with Crippen molar-refractivity contribution in [1.82, 2.24) is 15.6 Å². The largest absolute Gasteiger partial charge is 0.431 e. The Morgan fingerprint density at radius 3 is 2.53 bits per heavy atom. The molecule has 1 atom stereocenters. The van der Waals surface area contributed by atoms with Gasteiger partial charge in [0.15, 0.2) is 0 Å². The zero-order valence-corrected chi connectivity index (χ0v) is 10.4. The Hall–Kier alpha value is -1.83. The second kappa shape index (κ2) is 5.87. The Kier molecular flexibility index (Phi) is 4.71. The molecule has 1 heterocycles. The standard InChI is InChI=1S/C11H14F3N3O2/c1-6(15-2)5-16-9(18)7-3-4-8(11(12,13)14)17-10(7)19/h3-4,6,15H,5H2,1-2H3,(H,16,18)(H,17,19). The highest BCUT2D eigenvalue weighted by atomic mass is 19.4. The Bertz CT molecular complexity index is 511. The van der Waals surface area contributed by atoms with Gasteiger partial charge in [0.2, 0.25) is 0 Å². The van der Waals surface area contributed by atoms with Crippen molar-refractivity contribution in [3.05, 3.63) is 33.7 Å². The number of aromatic nitrogens is 1. The number of carbonyl (C=O) groups is 1. The maximum Gasteiger partial charge on any atom is 0.431 e. The van der Waals surface area contributed by atoms with Gasteiger partial charge in [-0.15, -0.1) is 0 Å². The fourth-order valence-electron chi connectivity index (χ4n) is 1.26. The molecule has 1 unspecified atom stereocenters. The molecule has 1 amide bonds. The molecule has 19 heavy (non-hydrogen) atoms. The van der Waals surface area contributed by atoms with E-state index in [0.29, 0.717) is 6.07 Å². The highest BCUT2D eigenvalue weighted by Gasteiger charge is 2.32. The van der Waals surface area contributed by atoms with Gasteiger partial charge in [0.05, 0.1) is 0 Å². The molecule has 5 nitrogen and oxygen atoms in total. The number of alkyl halides is 3. The number of aromatic amines is 1.